The van der Waals surface area contributed by atoms with Crippen LogP contribution in [0.1, 0.15) is 201 Å². The van der Waals surface area contributed by atoms with Crippen LogP contribution in [0.5, 0.6) is 0 Å². The molecule has 1 aliphatic rings. The molecule has 4 nitrogen and oxygen atoms in total. The fourth-order valence-electron chi connectivity index (χ4n) is 6.48. The zero-order valence-corrected chi connectivity index (χ0v) is 28.5. The van der Waals surface area contributed by atoms with Gasteiger partial charge in [-0.3, -0.25) is 4.79 Å². The molecule has 0 aromatic heterocycles. The minimum atomic E-state index is -0.323. The number of hydrogen-bond acceptors (Lipinski definition) is 4. The van der Waals surface area contributed by atoms with Gasteiger partial charge in [0, 0.05) is 6.04 Å². The van der Waals surface area contributed by atoms with Crippen LogP contribution in [0.25, 0.3) is 0 Å². The molecular formula is C37H74N2O2. The van der Waals surface area contributed by atoms with E-state index in [0.717, 1.165) is 51.6 Å². The normalized spacial score (nSPS) is 15.3. The molecule has 0 spiro atoms. The van der Waals surface area contributed by atoms with Crippen molar-refractivity contribution in [3.63, 3.8) is 0 Å². The van der Waals surface area contributed by atoms with Gasteiger partial charge in [0.1, 0.15) is 11.6 Å². The lowest BCUT2D eigenvalue weighted by Crippen LogP contribution is -2.50. The molecule has 1 unspecified atom stereocenters. The molecule has 1 rings (SSSR count). The molecule has 1 atom stereocenters. The van der Waals surface area contributed by atoms with Gasteiger partial charge in [0.25, 0.3) is 0 Å². The fraction of sp³-hybridized carbons (Fsp3) is 0.973. The van der Waals surface area contributed by atoms with Gasteiger partial charge in [0.15, 0.2) is 0 Å². The van der Waals surface area contributed by atoms with Crippen LogP contribution in [0, 0.1) is 0 Å². The molecule has 0 saturated carbocycles. The minimum Gasteiger partial charge on any atom is -0.458 e. The molecule has 41 heavy (non-hydrogen) atoms. The SMILES string of the molecule is CCCCCCCCCCC(C)(CCCCCCCCCC)OC(=O)C(CCCCCCCC)NC1CCNCC1. The number of carbonyl (C=O) groups is 1. The summed E-state index contributed by atoms with van der Waals surface area (Å²) in [4.78, 5) is 13.8. The summed E-state index contributed by atoms with van der Waals surface area (Å²) in [6, 6.07) is 0.279. The second-order valence-corrected chi connectivity index (χ2v) is 13.6. The first kappa shape index (κ1) is 38.4. The number of esters is 1. The van der Waals surface area contributed by atoms with E-state index in [1.54, 1.807) is 0 Å². The first-order valence-corrected chi connectivity index (χ1v) is 18.7. The smallest absolute Gasteiger partial charge is 0.323 e. The van der Waals surface area contributed by atoms with E-state index in [2.05, 4.69) is 38.3 Å². The Balaban J connectivity index is 2.65. The third kappa shape index (κ3) is 21.7. The Morgan fingerprint density at radius 1 is 0.659 bits per heavy atom. The Kier molecular flexibility index (Phi) is 25.3. The highest BCUT2D eigenvalue weighted by atomic mass is 16.6. The molecule has 0 aliphatic carbocycles. The highest BCUT2D eigenvalue weighted by Crippen LogP contribution is 2.28. The minimum absolute atomic E-state index is 0.0266. The van der Waals surface area contributed by atoms with Crippen LogP contribution in [0.15, 0.2) is 0 Å². The third-order valence-corrected chi connectivity index (χ3v) is 9.37. The van der Waals surface area contributed by atoms with Gasteiger partial charge in [-0.05, 0) is 65.0 Å². The van der Waals surface area contributed by atoms with Gasteiger partial charge in [0.2, 0.25) is 0 Å². The molecule has 1 heterocycles. The lowest BCUT2D eigenvalue weighted by atomic mass is 9.90. The number of unbranched alkanes of at least 4 members (excludes halogenated alkanes) is 19. The van der Waals surface area contributed by atoms with Crippen molar-refractivity contribution in [1.29, 1.82) is 0 Å². The molecule has 4 heteroatoms. The van der Waals surface area contributed by atoms with Crippen molar-refractivity contribution >= 4 is 5.97 Å². The number of nitrogens with one attached hydrogen (secondary N) is 2. The maximum Gasteiger partial charge on any atom is 0.323 e. The Morgan fingerprint density at radius 3 is 1.49 bits per heavy atom. The predicted octanol–water partition coefficient (Wildman–Crippen LogP) is 10.8. The highest BCUT2D eigenvalue weighted by molar-refractivity contribution is 5.76. The summed E-state index contributed by atoms with van der Waals surface area (Å²) < 4.78 is 6.54. The van der Waals surface area contributed by atoms with Crippen molar-refractivity contribution in [2.24, 2.45) is 0 Å². The van der Waals surface area contributed by atoms with Crippen LogP contribution in [0.2, 0.25) is 0 Å². The van der Waals surface area contributed by atoms with Gasteiger partial charge in [0.05, 0.1) is 0 Å². The molecule has 1 saturated heterocycles. The summed E-state index contributed by atoms with van der Waals surface area (Å²) in [6.45, 7) is 11.2. The monoisotopic (exact) mass is 579 g/mol. The standard InChI is InChI=1S/C37H74N2O2/c1-5-8-11-14-17-19-22-25-30-37(4,31-26-23-20-18-15-12-9-6-2)41-36(40)35(27-24-21-16-13-10-7-3)39-34-28-32-38-33-29-34/h34-35,38-39H,5-33H2,1-4H3. The fourth-order valence-corrected chi connectivity index (χ4v) is 6.48. The van der Waals surface area contributed by atoms with Gasteiger partial charge >= 0.3 is 5.97 Å². The summed E-state index contributed by atoms with van der Waals surface area (Å²) >= 11 is 0. The van der Waals surface area contributed by atoms with Crippen molar-refractivity contribution in [1.82, 2.24) is 10.6 Å². The topological polar surface area (TPSA) is 50.4 Å². The van der Waals surface area contributed by atoms with Gasteiger partial charge in [-0.15, -0.1) is 0 Å². The van der Waals surface area contributed by atoms with E-state index in [1.165, 1.54) is 135 Å². The van der Waals surface area contributed by atoms with E-state index in [1.807, 2.05) is 0 Å². The first-order chi connectivity index (χ1) is 20.0. The van der Waals surface area contributed by atoms with Crippen LogP contribution in [0.4, 0.5) is 0 Å². The Bertz CT molecular complexity index is 555. The number of carbonyl (C=O) groups excluding carboxylic acids is 1. The Labute approximate surface area is 257 Å². The van der Waals surface area contributed by atoms with Crippen LogP contribution in [-0.2, 0) is 9.53 Å². The van der Waals surface area contributed by atoms with E-state index in [4.69, 9.17) is 4.74 Å². The average Bonchev–Trinajstić information content (AvgIpc) is 2.97. The van der Waals surface area contributed by atoms with Crippen molar-refractivity contribution in [2.45, 2.75) is 219 Å². The zero-order valence-electron chi connectivity index (χ0n) is 28.5. The van der Waals surface area contributed by atoms with Gasteiger partial charge in [-0.1, -0.05) is 149 Å². The highest BCUT2D eigenvalue weighted by Gasteiger charge is 2.32. The van der Waals surface area contributed by atoms with E-state index in [0.29, 0.717) is 6.04 Å². The molecule has 0 radical (unpaired) electrons. The number of piperidine rings is 1. The van der Waals surface area contributed by atoms with Crippen LogP contribution >= 0.6 is 0 Å². The second-order valence-electron chi connectivity index (χ2n) is 13.6. The number of rotatable bonds is 29. The molecular weight excluding hydrogens is 504 g/mol. The molecule has 0 aromatic carbocycles. The molecule has 0 amide bonds. The lowest BCUT2D eigenvalue weighted by molar-refractivity contribution is -0.163. The summed E-state index contributed by atoms with van der Waals surface area (Å²) in [5, 5.41) is 7.23. The van der Waals surface area contributed by atoms with Crippen molar-refractivity contribution in [2.75, 3.05) is 13.1 Å². The number of hydrogen-bond donors (Lipinski definition) is 2. The van der Waals surface area contributed by atoms with E-state index >= 15 is 0 Å². The zero-order chi connectivity index (χ0) is 29.9. The largest absolute Gasteiger partial charge is 0.458 e. The predicted molar refractivity (Wildman–Crippen MR) is 180 cm³/mol. The third-order valence-electron chi connectivity index (χ3n) is 9.37. The molecule has 0 aromatic rings. The Morgan fingerprint density at radius 2 is 1.05 bits per heavy atom. The van der Waals surface area contributed by atoms with Gasteiger partial charge in [-0.2, -0.15) is 0 Å². The van der Waals surface area contributed by atoms with E-state index < -0.39 is 0 Å². The average molecular weight is 579 g/mol. The van der Waals surface area contributed by atoms with Gasteiger partial charge < -0.3 is 15.4 Å². The molecule has 2 N–H and O–H groups in total. The molecule has 1 fully saturated rings. The summed E-state index contributed by atoms with van der Waals surface area (Å²) in [5.41, 5.74) is -0.323. The summed E-state index contributed by atoms with van der Waals surface area (Å²) in [6.07, 6.45) is 33.9. The molecule has 0 bridgehead atoms. The summed E-state index contributed by atoms with van der Waals surface area (Å²) in [5.74, 6) is 0.0266. The van der Waals surface area contributed by atoms with Crippen LogP contribution < -0.4 is 10.6 Å². The molecule has 1 aliphatic heterocycles. The maximum atomic E-state index is 13.8. The van der Waals surface area contributed by atoms with Crippen molar-refractivity contribution in [3.05, 3.63) is 0 Å². The van der Waals surface area contributed by atoms with Gasteiger partial charge in [-0.25, -0.2) is 0 Å². The van der Waals surface area contributed by atoms with Crippen LogP contribution in [-0.4, -0.2) is 36.7 Å². The second kappa shape index (κ2) is 27.0. The summed E-state index contributed by atoms with van der Waals surface area (Å²) in [7, 11) is 0. The van der Waals surface area contributed by atoms with Crippen molar-refractivity contribution in [3.8, 4) is 0 Å². The van der Waals surface area contributed by atoms with E-state index in [9.17, 15) is 4.79 Å². The maximum absolute atomic E-state index is 13.8. The molecule has 244 valence electrons. The lowest BCUT2D eigenvalue weighted by Gasteiger charge is -2.34. The Hall–Kier alpha value is -0.610. The number of ether oxygens (including phenoxy) is 1. The first-order valence-electron chi connectivity index (χ1n) is 18.7. The van der Waals surface area contributed by atoms with E-state index in [-0.39, 0.29) is 17.6 Å². The van der Waals surface area contributed by atoms with Crippen LogP contribution in [0.3, 0.4) is 0 Å². The quantitative estimate of drug-likeness (QED) is 0.0684. The van der Waals surface area contributed by atoms with Crippen molar-refractivity contribution < 1.29 is 9.53 Å².